The number of hydrogen-bond acceptors (Lipinski definition) is 3. The van der Waals surface area contributed by atoms with Gasteiger partial charge in [-0.3, -0.25) is 0 Å². The fraction of sp³-hybridized carbons (Fsp3) is 0.538. The van der Waals surface area contributed by atoms with Gasteiger partial charge in [-0.1, -0.05) is 19.4 Å². The van der Waals surface area contributed by atoms with Crippen molar-refractivity contribution in [2.24, 2.45) is 5.92 Å². The molecule has 84 valence electrons. The van der Waals surface area contributed by atoms with Crippen LogP contribution in [-0.2, 0) is 0 Å². The van der Waals surface area contributed by atoms with E-state index in [0.29, 0.717) is 5.69 Å². The van der Waals surface area contributed by atoms with Crippen molar-refractivity contribution in [1.29, 1.82) is 5.26 Å². The zero-order valence-corrected chi connectivity index (χ0v) is 9.69. The molecule has 0 saturated carbocycles. The van der Waals surface area contributed by atoms with E-state index in [2.05, 4.69) is 22.9 Å². The Morgan fingerprint density at radius 3 is 3.19 bits per heavy atom. The molecule has 1 aliphatic heterocycles. The summed E-state index contributed by atoms with van der Waals surface area (Å²) in [4.78, 5) is 6.63. The van der Waals surface area contributed by atoms with Gasteiger partial charge in [0.1, 0.15) is 17.6 Å². The largest absolute Gasteiger partial charge is 0.356 e. The van der Waals surface area contributed by atoms with Gasteiger partial charge >= 0.3 is 0 Å². The number of rotatable bonds is 3. The van der Waals surface area contributed by atoms with Crippen LogP contribution in [0.2, 0.25) is 0 Å². The zero-order valence-electron chi connectivity index (χ0n) is 9.69. The SMILES string of the molecule is CCCC1CCN(c2cccc(C#N)n2)C1. The molecule has 1 aromatic heterocycles. The molecule has 3 heteroatoms. The number of nitriles is 1. The predicted octanol–water partition coefficient (Wildman–Crippen LogP) is 2.58. The molecule has 0 N–H and O–H groups in total. The average Bonchev–Trinajstić information content (AvgIpc) is 2.78. The summed E-state index contributed by atoms with van der Waals surface area (Å²) >= 11 is 0. The molecule has 0 spiro atoms. The second kappa shape index (κ2) is 4.98. The molecular formula is C13H17N3. The first-order valence-electron chi connectivity index (χ1n) is 5.95. The third-order valence-corrected chi connectivity index (χ3v) is 3.16. The Bertz CT molecular complexity index is 394. The maximum Gasteiger partial charge on any atom is 0.142 e. The molecule has 0 bridgehead atoms. The molecule has 1 aromatic rings. The average molecular weight is 215 g/mol. The summed E-state index contributed by atoms with van der Waals surface area (Å²) < 4.78 is 0. The van der Waals surface area contributed by atoms with Gasteiger partial charge in [0.05, 0.1) is 0 Å². The van der Waals surface area contributed by atoms with Gasteiger partial charge in [-0.15, -0.1) is 0 Å². The highest BCUT2D eigenvalue weighted by molar-refractivity contribution is 5.42. The summed E-state index contributed by atoms with van der Waals surface area (Å²) in [7, 11) is 0. The molecule has 2 heterocycles. The van der Waals surface area contributed by atoms with E-state index >= 15 is 0 Å². The van der Waals surface area contributed by atoms with Gasteiger partial charge in [-0.2, -0.15) is 5.26 Å². The molecule has 0 aromatic carbocycles. The maximum atomic E-state index is 8.81. The molecule has 0 amide bonds. The summed E-state index contributed by atoms with van der Waals surface area (Å²) in [5, 5.41) is 8.81. The molecule has 16 heavy (non-hydrogen) atoms. The van der Waals surface area contributed by atoms with Crippen molar-refractivity contribution in [3.05, 3.63) is 23.9 Å². The van der Waals surface area contributed by atoms with Gasteiger partial charge < -0.3 is 4.90 Å². The van der Waals surface area contributed by atoms with Crippen LogP contribution >= 0.6 is 0 Å². The van der Waals surface area contributed by atoms with Crippen molar-refractivity contribution in [2.75, 3.05) is 18.0 Å². The van der Waals surface area contributed by atoms with Gasteiger partial charge in [0.25, 0.3) is 0 Å². The molecular weight excluding hydrogens is 198 g/mol. The topological polar surface area (TPSA) is 39.9 Å². The van der Waals surface area contributed by atoms with E-state index < -0.39 is 0 Å². The minimum absolute atomic E-state index is 0.511. The van der Waals surface area contributed by atoms with Gasteiger partial charge in [0.15, 0.2) is 0 Å². The van der Waals surface area contributed by atoms with Crippen molar-refractivity contribution >= 4 is 5.82 Å². The van der Waals surface area contributed by atoms with Crippen LogP contribution in [-0.4, -0.2) is 18.1 Å². The molecule has 0 aliphatic carbocycles. The fourth-order valence-electron chi connectivity index (χ4n) is 2.35. The maximum absolute atomic E-state index is 8.81. The molecule has 1 fully saturated rings. The molecule has 1 atom stereocenters. The summed E-state index contributed by atoms with van der Waals surface area (Å²) in [5.74, 6) is 1.76. The van der Waals surface area contributed by atoms with Crippen LogP contribution in [0.4, 0.5) is 5.82 Å². The van der Waals surface area contributed by atoms with Crippen LogP contribution in [0.25, 0.3) is 0 Å². The number of hydrogen-bond donors (Lipinski definition) is 0. The van der Waals surface area contributed by atoms with E-state index in [4.69, 9.17) is 5.26 Å². The molecule has 1 saturated heterocycles. The molecule has 1 aliphatic rings. The van der Waals surface area contributed by atoms with Crippen molar-refractivity contribution < 1.29 is 0 Å². The lowest BCUT2D eigenvalue weighted by molar-refractivity contribution is 0.529. The Labute approximate surface area is 96.7 Å². The molecule has 3 nitrogen and oxygen atoms in total. The molecule has 1 unspecified atom stereocenters. The van der Waals surface area contributed by atoms with Crippen LogP contribution in [0.5, 0.6) is 0 Å². The summed E-state index contributed by atoms with van der Waals surface area (Å²) in [5.41, 5.74) is 0.511. The molecule has 2 rings (SSSR count). The standard InChI is InChI=1S/C13H17N3/c1-2-4-11-7-8-16(10-11)13-6-3-5-12(9-14)15-13/h3,5-6,11H,2,4,7-8,10H2,1H3. The number of aromatic nitrogens is 1. The van der Waals surface area contributed by atoms with E-state index in [1.54, 1.807) is 6.07 Å². The van der Waals surface area contributed by atoms with Crippen LogP contribution in [0.1, 0.15) is 31.9 Å². The van der Waals surface area contributed by atoms with Crippen LogP contribution in [0, 0.1) is 17.2 Å². The van der Waals surface area contributed by atoms with Crippen molar-refractivity contribution in [3.8, 4) is 6.07 Å². The van der Waals surface area contributed by atoms with Crippen molar-refractivity contribution in [1.82, 2.24) is 4.98 Å². The van der Waals surface area contributed by atoms with E-state index in [1.807, 2.05) is 12.1 Å². The monoisotopic (exact) mass is 215 g/mol. The zero-order chi connectivity index (χ0) is 11.4. The minimum atomic E-state index is 0.511. The second-order valence-corrected chi connectivity index (χ2v) is 4.38. The number of anilines is 1. The van der Waals surface area contributed by atoms with Gasteiger partial charge in [0.2, 0.25) is 0 Å². The Balaban J connectivity index is 2.06. The minimum Gasteiger partial charge on any atom is -0.356 e. The van der Waals surface area contributed by atoms with Crippen LogP contribution < -0.4 is 4.90 Å². The highest BCUT2D eigenvalue weighted by Gasteiger charge is 2.22. The highest BCUT2D eigenvalue weighted by atomic mass is 15.2. The van der Waals surface area contributed by atoms with Crippen LogP contribution in [0.15, 0.2) is 18.2 Å². The summed E-state index contributed by atoms with van der Waals surface area (Å²) in [6.45, 7) is 4.40. The Morgan fingerprint density at radius 2 is 2.44 bits per heavy atom. The number of nitrogens with zero attached hydrogens (tertiary/aromatic N) is 3. The lowest BCUT2D eigenvalue weighted by atomic mass is 10.0. The first-order valence-corrected chi connectivity index (χ1v) is 5.95. The Hall–Kier alpha value is -1.56. The lowest BCUT2D eigenvalue weighted by Crippen LogP contribution is -2.20. The van der Waals surface area contributed by atoms with E-state index in [1.165, 1.54) is 19.3 Å². The third-order valence-electron chi connectivity index (χ3n) is 3.16. The Kier molecular flexibility index (Phi) is 3.40. The van der Waals surface area contributed by atoms with Crippen LogP contribution in [0.3, 0.4) is 0 Å². The van der Waals surface area contributed by atoms with Crippen molar-refractivity contribution in [2.45, 2.75) is 26.2 Å². The first-order chi connectivity index (χ1) is 7.83. The highest BCUT2D eigenvalue weighted by Crippen LogP contribution is 2.25. The normalized spacial score (nSPS) is 19.8. The van der Waals surface area contributed by atoms with Gasteiger partial charge in [-0.05, 0) is 30.9 Å². The summed E-state index contributed by atoms with van der Waals surface area (Å²) in [6, 6.07) is 7.75. The fourth-order valence-corrected chi connectivity index (χ4v) is 2.35. The van der Waals surface area contributed by atoms with E-state index in [-0.39, 0.29) is 0 Å². The lowest BCUT2D eigenvalue weighted by Gasteiger charge is -2.17. The summed E-state index contributed by atoms with van der Waals surface area (Å²) in [6.07, 6.45) is 3.81. The second-order valence-electron chi connectivity index (χ2n) is 4.38. The smallest absolute Gasteiger partial charge is 0.142 e. The third kappa shape index (κ3) is 2.33. The van der Waals surface area contributed by atoms with Gasteiger partial charge in [-0.25, -0.2) is 4.98 Å². The van der Waals surface area contributed by atoms with E-state index in [0.717, 1.165) is 24.8 Å². The predicted molar refractivity (Wildman–Crippen MR) is 64.2 cm³/mol. The van der Waals surface area contributed by atoms with Crippen molar-refractivity contribution in [3.63, 3.8) is 0 Å². The number of pyridine rings is 1. The Morgan fingerprint density at radius 1 is 1.56 bits per heavy atom. The quantitative estimate of drug-likeness (QED) is 0.778. The van der Waals surface area contributed by atoms with Gasteiger partial charge in [0, 0.05) is 13.1 Å². The first kappa shape index (κ1) is 10.9. The molecule has 0 radical (unpaired) electrons. The van der Waals surface area contributed by atoms with E-state index in [9.17, 15) is 0 Å².